The number of ether oxygens (including phenoxy) is 3. The molecule has 1 saturated heterocycles. The Labute approximate surface area is 143 Å². The van der Waals surface area contributed by atoms with Crippen molar-refractivity contribution in [1.29, 1.82) is 5.26 Å². The summed E-state index contributed by atoms with van der Waals surface area (Å²) in [6, 6.07) is 9.30. The van der Waals surface area contributed by atoms with E-state index in [1.54, 1.807) is 12.1 Å². The van der Waals surface area contributed by atoms with Crippen molar-refractivity contribution in [2.75, 3.05) is 13.2 Å². The molecule has 5 nitrogen and oxygen atoms in total. The topological polar surface area (TPSA) is 68.5 Å². The van der Waals surface area contributed by atoms with Gasteiger partial charge in [-0.2, -0.15) is 5.26 Å². The summed E-state index contributed by atoms with van der Waals surface area (Å²) in [6.45, 7) is 4.20. The van der Waals surface area contributed by atoms with E-state index in [1.807, 2.05) is 18.2 Å². The maximum absolute atomic E-state index is 12.4. The van der Waals surface area contributed by atoms with E-state index in [1.165, 1.54) is 0 Å². The van der Waals surface area contributed by atoms with Gasteiger partial charge in [-0.1, -0.05) is 38.8 Å². The van der Waals surface area contributed by atoms with Crippen LogP contribution in [0.5, 0.6) is 5.75 Å². The number of rotatable bonds is 7. The lowest BCUT2D eigenvalue weighted by atomic mass is 9.91. The van der Waals surface area contributed by atoms with E-state index in [2.05, 4.69) is 13.8 Å². The molecule has 0 bridgehead atoms. The molecule has 1 fully saturated rings. The number of unbranched alkanes of at least 4 members (excludes halogenated alkanes) is 2. The molecular weight excluding hydrogens is 306 g/mol. The summed E-state index contributed by atoms with van der Waals surface area (Å²) in [5.74, 6) is -0.196. The Kier molecular flexibility index (Phi) is 6.77. The predicted molar refractivity (Wildman–Crippen MR) is 89.3 cm³/mol. The zero-order valence-corrected chi connectivity index (χ0v) is 14.4. The molecule has 0 radical (unpaired) electrons. The number of benzene rings is 1. The van der Waals surface area contributed by atoms with Crippen LogP contribution in [0.1, 0.15) is 45.1 Å². The van der Waals surface area contributed by atoms with Crippen LogP contribution in [0.25, 0.3) is 0 Å². The molecule has 2 rings (SSSR count). The van der Waals surface area contributed by atoms with Gasteiger partial charge in [0, 0.05) is 0 Å². The minimum atomic E-state index is -1.40. The van der Waals surface area contributed by atoms with Crippen molar-refractivity contribution in [3.05, 3.63) is 29.8 Å². The Bertz CT molecular complexity index is 568. The van der Waals surface area contributed by atoms with Crippen LogP contribution in [-0.4, -0.2) is 25.5 Å². The maximum atomic E-state index is 12.4. The summed E-state index contributed by atoms with van der Waals surface area (Å²) < 4.78 is 16.5. The average Bonchev–Trinajstić information content (AvgIpc) is 2.63. The molecule has 1 aliphatic heterocycles. The van der Waals surface area contributed by atoms with Crippen molar-refractivity contribution in [1.82, 2.24) is 0 Å². The Hall–Kier alpha value is -1.90. The van der Waals surface area contributed by atoms with Crippen LogP contribution >= 0.6 is 0 Å². The summed E-state index contributed by atoms with van der Waals surface area (Å²) in [4.78, 5) is 12.4. The fraction of sp³-hybridized carbons (Fsp3) is 0.579. The van der Waals surface area contributed by atoms with Gasteiger partial charge in [0.25, 0.3) is 0 Å². The lowest BCUT2D eigenvalue weighted by Crippen LogP contribution is -2.48. The minimum absolute atomic E-state index is 0.00612. The van der Waals surface area contributed by atoms with E-state index in [0.29, 0.717) is 5.75 Å². The molecule has 0 spiro atoms. The molecule has 1 aromatic carbocycles. The number of aryl methyl sites for hydroxylation is 1. The summed E-state index contributed by atoms with van der Waals surface area (Å²) in [5, 5.41) is 9.46. The third kappa shape index (κ3) is 4.56. The number of hydrogen-bond acceptors (Lipinski definition) is 5. The Morgan fingerprint density at radius 2 is 1.92 bits per heavy atom. The molecule has 0 N–H and O–H groups in total. The van der Waals surface area contributed by atoms with E-state index in [0.717, 1.165) is 37.7 Å². The fourth-order valence-electron chi connectivity index (χ4n) is 2.51. The molecule has 24 heavy (non-hydrogen) atoms. The van der Waals surface area contributed by atoms with Gasteiger partial charge >= 0.3 is 5.97 Å². The quantitative estimate of drug-likeness (QED) is 0.434. The number of nitrogens with zero attached hydrogens (tertiary/aromatic N) is 1. The second-order valence-electron chi connectivity index (χ2n) is 6.13. The van der Waals surface area contributed by atoms with Gasteiger partial charge in [-0.05, 0) is 37.0 Å². The fourth-order valence-corrected chi connectivity index (χ4v) is 2.51. The van der Waals surface area contributed by atoms with Crippen LogP contribution in [-0.2, 0) is 20.7 Å². The van der Waals surface area contributed by atoms with Gasteiger partial charge in [-0.15, -0.1) is 0 Å². The normalized spacial score (nSPS) is 23.5. The number of carbonyl (C=O) groups is 1. The van der Waals surface area contributed by atoms with Crippen LogP contribution in [0.2, 0.25) is 0 Å². The Morgan fingerprint density at radius 3 is 2.46 bits per heavy atom. The standard InChI is InChI=1S/C19H25NO4/c1-3-5-6-7-17-22-13-19(12-20,14-23-17)18(21)24-16-10-8-15(4-2)9-11-16/h8-11,17H,3-7,13-14H2,1-2H3. The average molecular weight is 331 g/mol. The number of carbonyl (C=O) groups excluding carboxylic acids is 1. The van der Waals surface area contributed by atoms with Crippen LogP contribution in [0.15, 0.2) is 24.3 Å². The minimum Gasteiger partial charge on any atom is -0.425 e. The maximum Gasteiger partial charge on any atom is 0.336 e. The summed E-state index contributed by atoms with van der Waals surface area (Å²) >= 11 is 0. The lowest BCUT2D eigenvalue weighted by Gasteiger charge is -2.33. The summed E-state index contributed by atoms with van der Waals surface area (Å²) in [7, 11) is 0. The molecule has 0 unspecified atom stereocenters. The molecule has 1 aromatic rings. The van der Waals surface area contributed by atoms with Gasteiger partial charge in [0.1, 0.15) is 5.75 Å². The highest BCUT2D eigenvalue weighted by Gasteiger charge is 2.46. The highest BCUT2D eigenvalue weighted by Crippen LogP contribution is 2.28. The van der Waals surface area contributed by atoms with Gasteiger partial charge < -0.3 is 14.2 Å². The van der Waals surface area contributed by atoms with E-state index in [9.17, 15) is 10.1 Å². The van der Waals surface area contributed by atoms with Crippen molar-refractivity contribution in [2.45, 2.75) is 52.2 Å². The van der Waals surface area contributed by atoms with Crippen LogP contribution in [0, 0.1) is 16.7 Å². The van der Waals surface area contributed by atoms with Crippen molar-refractivity contribution in [2.24, 2.45) is 5.41 Å². The van der Waals surface area contributed by atoms with E-state index < -0.39 is 11.4 Å². The van der Waals surface area contributed by atoms with E-state index in [4.69, 9.17) is 14.2 Å². The van der Waals surface area contributed by atoms with Crippen molar-refractivity contribution < 1.29 is 19.0 Å². The summed E-state index contributed by atoms with van der Waals surface area (Å²) in [5.41, 5.74) is -0.242. The zero-order chi connectivity index (χ0) is 17.4. The monoisotopic (exact) mass is 331 g/mol. The van der Waals surface area contributed by atoms with Crippen LogP contribution in [0.3, 0.4) is 0 Å². The van der Waals surface area contributed by atoms with Gasteiger partial charge in [0.15, 0.2) is 6.29 Å². The molecule has 0 amide bonds. The lowest BCUT2D eigenvalue weighted by molar-refractivity contribution is -0.223. The Balaban J connectivity index is 1.92. The van der Waals surface area contributed by atoms with Crippen LogP contribution < -0.4 is 4.74 Å². The molecule has 0 saturated carbocycles. The zero-order valence-electron chi connectivity index (χ0n) is 14.4. The molecule has 0 aromatic heterocycles. The van der Waals surface area contributed by atoms with Gasteiger partial charge in [-0.3, -0.25) is 0 Å². The second-order valence-corrected chi connectivity index (χ2v) is 6.13. The first-order valence-electron chi connectivity index (χ1n) is 8.59. The molecule has 5 heteroatoms. The second kappa shape index (κ2) is 8.81. The van der Waals surface area contributed by atoms with E-state index >= 15 is 0 Å². The molecular formula is C19H25NO4. The van der Waals surface area contributed by atoms with Crippen molar-refractivity contribution >= 4 is 5.97 Å². The SMILES string of the molecule is CCCCCC1OCC(C#N)(C(=O)Oc2ccc(CC)cc2)CO1. The smallest absolute Gasteiger partial charge is 0.336 e. The number of esters is 1. The third-order valence-corrected chi connectivity index (χ3v) is 4.22. The summed E-state index contributed by atoms with van der Waals surface area (Å²) in [6.07, 6.45) is 4.60. The largest absolute Gasteiger partial charge is 0.425 e. The first kappa shape index (κ1) is 18.4. The molecule has 0 aliphatic carbocycles. The van der Waals surface area contributed by atoms with Gasteiger partial charge in [0.05, 0.1) is 19.3 Å². The van der Waals surface area contributed by atoms with Gasteiger partial charge in [0.2, 0.25) is 5.41 Å². The first-order valence-corrected chi connectivity index (χ1v) is 8.59. The first-order chi connectivity index (χ1) is 11.6. The molecule has 130 valence electrons. The molecule has 1 heterocycles. The number of nitriles is 1. The van der Waals surface area contributed by atoms with E-state index in [-0.39, 0.29) is 19.5 Å². The van der Waals surface area contributed by atoms with Crippen LogP contribution in [0.4, 0.5) is 0 Å². The Morgan fingerprint density at radius 1 is 1.25 bits per heavy atom. The van der Waals surface area contributed by atoms with Crippen molar-refractivity contribution in [3.63, 3.8) is 0 Å². The predicted octanol–water partition coefficient (Wildman–Crippen LogP) is 3.62. The molecule has 1 aliphatic rings. The highest BCUT2D eigenvalue weighted by atomic mass is 16.7. The molecule has 0 atom stereocenters. The van der Waals surface area contributed by atoms with Crippen molar-refractivity contribution in [3.8, 4) is 11.8 Å². The third-order valence-electron chi connectivity index (χ3n) is 4.22. The highest BCUT2D eigenvalue weighted by molar-refractivity contribution is 5.82. The number of hydrogen-bond donors (Lipinski definition) is 0. The van der Waals surface area contributed by atoms with Gasteiger partial charge in [-0.25, -0.2) is 4.79 Å².